The highest BCUT2D eigenvalue weighted by Gasteiger charge is 2.51. The van der Waals surface area contributed by atoms with Gasteiger partial charge in [0.1, 0.15) is 0 Å². The number of hydrogen-bond acceptors (Lipinski definition) is 1. The van der Waals surface area contributed by atoms with Crippen molar-refractivity contribution in [2.75, 3.05) is 4.90 Å². The molecule has 1 heteroatoms. The molecule has 0 aromatic heterocycles. The van der Waals surface area contributed by atoms with Crippen LogP contribution in [0.15, 0.2) is 224 Å². The van der Waals surface area contributed by atoms with E-state index >= 15 is 0 Å². The molecule has 0 aliphatic heterocycles. The van der Waals surface area contributed by atoms with Gasteiger partial charge in [-0.2, -0.15) is 0 Å². The predicted octanol–water partition coefficient (Wildman–Crippen LogP) is 15.6. The van der Waals surface area contributed by atoms with Crippen molar-refractivity contribution in [1.82, 2.24) is 0 Å². The van der Waals surface area contributed by atoms with E-state index in [9.17, 15) is 0 Å². The minimum Gasteiger partial charge on any atom is -0.310 e. The standard InChI is InChI=1S/C60H39N/c1-2-15-41(16-3-1)46-21-12-22-47-48-23-13-27-59(54(48)38-53(46)47)61(45-34-30-39-14-4-5-17-42(39)36-45)44-32-28-40(29-33-44)43-31-35-52-51-20-8-11-26-57(51)60(58(52)37-43)55-24-9-6-18-49(55)50-19-7-10-25-56(50)60/h1-37H,38H2. The third-order valence-electron chi connectivity index (χ3n) is 13.7. The molecule has 61 heavy (non-hydrogen) atoms. The van der Waals surface area contributed by atoms with Crippen LogP contribution in [-0.2, 0) is 11.8 Å². The Morgan fingerprint density at radius 3 is 1.52 bits per heavy atom. The monoisotopic (exact) mass is 773 g/mol. The average Bonchev–Trinajstić information content (AvgIpc) is 3.97. The Labute approximate surface area is 356 Å². The quantitative estimate of drug-likeness (QED) is 0.168. The van der Waals surface area contributed by atoms with Crippen LogP contribution in [0.3, 0.4) is 0 Å². The van der Waals surface area contributed by atoms with Gasteiger partial charge >= 0.3 is 0 Å². The predicted molar refractivity (Wildman–Crippen MR) is 254 cm³/mol. The first-order chi connectivity index (χ1) is 30.3. The summed E-state index contributed by atoms with van der Waals surface area (Å²) in [4.78, 5) is 2.48. The molecular weight excluding hydrogens is 735 g/mol. The van der Waals surface area contributed by atoms with Crippen molar-refractivity contribution in [2.24, 2.45) is 0 Å². The Morgan fingerprint density at radius 2 is 0.820 bits per heavy atom. The van der Waals surface area contributed by atoms with Crippen LogP contribution in [-0.4, -0.2) is 0 Å². The molecule has 0 heterocycles. The second-order valence-corrected chi connectivity index (χ2v) is 16.7. The van der Waals surface area contributed by atoms with Crippen LogP contribution in [0.4, 0.5) is 17.1 Å². The molecule has 0 fully saturated rings. The molecule has 0 saturated carbocycles. The Morgan fingerprint density at radius 1 is 0.295 bits per heavy atom. The molecule has 0 N–H and O–H groups in total. The summed E-state index contributed by atoms with van der Waals surface area (Å²) >= 11 is 0. The van der Waals surface area contributed by atoms with Gasteiger partial charge < -0.3 is 4.90 Å². The number of benzene rings is 10. The zero-order valence-electron chi connectivity index (χ0n) is 33.5. The highest BCUT2D eigenvalue weighted by molar-refractivity contribution is 5.97. The number of rotatable bonds is 5. The van der Waals surface area contributed by atoms with Crippen LogP contribution in [0.5, 0.6) is 0 Å². The van der Waals surface area contributed by atoms with Gasteiger partial charge in [-0.05, 0) is 136 Å². The summed E-state index contributed by atoms with van der Waals surface area (Å²) < 4.78 is 0. The molecule has 10 aromatic rings. The van der Waals surface area contributed by atoms with Gasteiger partial charge in [-0.15, -0.1) is 0 Å². The van der Waals surface area contributed by atoms with Gasteiger partial charge in [-0.1, -0.05) is 188 Å². The zero-order valence-corrected chi connectivity index (χ0v) is 33.5. The Kier molecular flexibility index (Phi) is 7.35. The molecule has 0 saturated heterocycles. The summed E-state index contributed by atoms with van der Waals surface area (Å²) in [6, 6.07) is 83.6. The lowest BCUT2D eigenvalue weighted by molar-refractivity contribution is 0.794. The normalized spacial score (nSPS) is 13.3. The molecule has 0 radical (unpaired) electrons. The Balaban J connectivity index is 0.951. The maximum absolute atomic E-state index is 2.48. The van der Waals surface area contributed by atoms with E-state index in [-0.39, 0.29) is 5.41 Å². The molecule has 0 unspecified atom stereocenters. The smallest absolute Gasteiger partial charge is 0.0725 e. The first-order valence-corrected chi connectivity index (χ1v) is 21.4. The third kappa shape index (κ3) is 4.89. The Bertz CT molecular complexity index is 3330. The molecule has 3 aliphatic rings. The zero-order chi connectivity index (χ0) is 40.1. The lowest BCUT2D eigenvalue weighted by atomic mass is 9.70. The summed E-state index contributed by atoms with van der Waals surface area (Å²) in [5.41, 5.74) is 24.3. The topological polar surface area (TPSA) is 3.24 Å². The van der Waals surface area contributed by atoms with Gasteiger partial charge in [0.05, 0.1) is 11.1 Å². The van der Waals surface area contributed by atoms with Crippen molar-refractivity contribution in [3.8, 4) is 55.6 Å². The molecule has 1 nitrogen and oxygen atoms in total. The van der Waals surface area contributed by atoms with E-state index in [1.807, 2.05) is 0 Å². The van der Waals surface area contributed by atoms with Crippen molar-refractivity contribution < 1.29 is 0 Å². The molecule has 10 aromatic carbocycles. The molecule has 13 rings (SSSR count). The van der Waals surface area contributed by atoms with Crippen molar-refractivity contribution in [3.63, 3.8) is 0 Å². The van der Waals surface area contributed by atoms with E-state index in [1.54, 1.807) is 0 Å². The number of fused-ring (bicyclic) bond motifs is 14. The molecular formula is C60H39N. The van der Waals surface area contributed by atoms with E-state index in [4.69, 9.17) is 0 Å². The third-order valence-corrected chi connectivity index (χ3v) is 13.7. The van der Waals surface area contributed by atoms with Gasteiger partial charge in [0.2, 0.25) is 0 Å². The van der Waals surface area contributed by atoms with Crippen molar-refractivity contribution in [3.05, 3.63) is 258 Å². The van der Waals surface area contributed by atoms with Crippen molar-refractivity contribution in [1.29, 1.82) is 0 Å². The molecule has 3 aliphatic carbocycles. The maximum Gasteiger partial charge on any atom is 0.0725 e. The highest BCUT2D eigenvalue weighted by Crippen LogP contribution is 2.63. The molecule has 0 atom stereocenters. The fourth-order valence-corrected chi connectivity index (χ4v) is 11.1. The number of anilines is 3. The van der Waals surface area contributed by atoms with Crippen LogP contribution < -0.4 is 4.90 Å². The van der Waals surface area contributed by atoms with Gasteiger partial charge in [0.15, 0.2) is 0 Å². The lowest BCUT2D eigenvalue weighted by Gasteiger charge is -2.30. The van der Waals surface area contributed by atoms with Crippen LogP contribution >= 0.6 is 0 Å². The van der Waals surface area contributed by atoms with Crippen LogP contribution in [0.25, 0.3) is 66.4 Å². The molecule has 284 valence electrons. The van der Waals surface area contributed by atoms with E-state index in [0.717, 1.165) is 17.8 Å². The molecule has 0 bridgehead atoms. The second kappa shape index (κ2) is 13.1. The largest absolute Gasteiger partial charge is 0.310 e. The number of nitrogens with zero attached hydrogens (tertiary/aromatic N) is 1. The molecule has 0 amide bonds. The highest BCUT2D eigenvalue weighted by atomic mass is 15.1. The van der Waals surface area contributed by atoms with Crippen LogP contribution in [0.2, 0.25) is 0 Å². The summed E-state index contributed by atoms with van der Waals surface area (Å²) in [6.45, 7) is 0. The van der Waals surface area contributed by atoms with Gasteiger partial charge in [0.25, 0.3) is 0 Å². The first-order valence-electron chi connectivity index (χ1n) is 21.4. The maximum atomic E-state index is 2.48. The summed E-state index contributed by atoms with van der Waals surface area (Å²) in [6.07, 6.45) is 0.875. The van der Waals surface area contributed by atoms with Gasteiger partial charge in [-0.3, -0.25) is 0 Å². The summed E-state index contributed by atoms with van der Waals surface area (Å²) in [5.74, 6) is 0. The molecule has 1 spiro atoms. The first kappa shape index (κ1) is 34.2. The Hall–Kier alpha value is -7.74. The van der Waals surface area contributed by atoms with Crippen molar-refractivity contribution >= 4 is 27.8 Å². The minimum absolute atomic E-state index is 0.367. The second-order valence-electron chi connectivity index (χ2n) is 16.7. The fraction of sp³-hybridized carbons (Fsp3) is 0.0333. The van der Waals surface area contributed by atoms with Crippen molar-refractivity contribution in [2.45, 2.75) is 11.8 Å². The van der Waals surface area contributed by atoms with Crippen LogP contribution in [0, 0.1) is 0 Å². The van der Waals surface area contributed by atoms with Crippen LogP contribution in [0.1, 0.15) is 33.4 Å². The van der Waals surface area contributed by atoms with Gasteiger partial charge in [-0.25, -0.2) is 0 Å². The lowest BCUT2D eigenvalue weighted by Crippen LogP contribution is -2.25. The van der Waals surface area contributed by atoms with E-state index in [0.29, 0.717) is 0 Å². The number of hydrogen-bond donors (Lipinski definition) is 0. The SMILES string of the molecule is c1ccc(-c2cccc3c2Cc2c-3cccc2N(c2ccc(-c3ccc4c(c3)C3(c5ccccc5-c5ccccc53)c3ccccc3-4)cc2)c2ccc3ccccc3c2)cc1. The van der Waals surface area contributed by atoms with E-state index in [2.05, 4.69) is 229 Å². The summed E-state index contributed by atoms with van der Waals surface area (Å²) in [5, 5.41) is 2.47. The van der Waals surface area contributed by atoms with Gasteiger partial charge in [0, 0.05) is 17.8 Å². The minimum atomic E-state index is -0.367. The van der Waals surface area contributed by atoms with E-state index in [1.165, 1.54) is 105 Å². The average molecular weight is 774 g/mol. The van der Waals surface area contributed by atoms with E-state index < -0.39 is 0 Å². The fourth-order valence-electron chi connectivity index (χ4n) is 11.1. The summed E-state index contributed by atoms with van der Waals surface area (Å²) in [7, 11) is 0.